The molecule has 0 unspecified atom stereocenters. The number of halogens is 3. The average molecular weight is 278 g/mol. The Morgan fingerprint density at radius 3 is 1.95 bits per heavy atom. The molecule has 8 heteroatoms. The number of nitrogens with two attached hydrogens (primary N) is 2. The van der Waals surface area contributed by atoms with Crippen LogP contribution in [-0.2, 0) is 16.0 Å². The summed E-state index contributed by atoms with van der Waals surface area (Å²) >= 11 is 0. The molecule has 0 spiro atoms. The van der Waals surface area contributed by atoms with E-state index in [1.807, 2.05) is 30.3 Å². The van der Waals surface area contributed by atoms with Crippen LogP contribution in [0, 0.1) is 0 Å². The SMILES string of the molecule is NC(=O)[C@@H](N)Cc1ccccc1.O=C(O)C(F)(F)F. The van der Waals surface area contributed by atoms with E-state index in [0.29, 0.717) is 6.42 Å². The molecule has 0 fully saturated rings. The molecule has 0 saturated heterocycles. The van der Waals surface area contributed by atoms with Crippen molar-refractivity contribution < 1.29 is 27.9 Å². The van der Waals surface area contributed by atoms with Crippen LogP contribution >= 0.6 is 0 Å². The Labute approximate surface area is 107 Å². The van der Waals surface area contributed by atoms with E-state index in [0.717, 1.165) is 5.56 Å². The maximum atomic E-state index is 10.6. The van der Waals surface area contributed by atoms with Crippen LogP contribution in [0.1, 0.15) is 5.56 Å². The first kappa shape index (κ1) is 16.9. The first-order chi connectivity index (χ1) is 8.64. The number of carbonyl (C=O) groups excluding carboxylic acids is 1. The van der Waals surface area contributed by atoms with Gasteiger partial charge in [0.2, 0.25) is 5.91 Å². The minimum Gasteiger partial charge on any atom is -0.475 e. The number of rotatable bonds is 3. The highest BCUT2D eigenvalue weighted by atomic mass is 19.4. The Morgan fingerprint density at radius 1 is 1.21 bits per heavy atom. The topological polar surface area (TPSA) is 106 Å². The molecule has 5 N–H and O–H groups in total. The number of carbonyl (C=O) groups is 2. The normalized spacial score (nSPS) is 12.0. The minimum absolute atomic E-state index is 0.459. The lowest BCUT2D eigenvalue weighted by Gasteiger charge is -2.06. The number of primary amides is 1. The highest BCUT2D eigenvalue weighted by Crippen LogP contribution is 2.13. The number of aliphatic carboxylic acids is 1. The summed E-state index contributed by atoms with van der Waals surface area (Å²) < 4.78 is 31.7. The molecular weight excluding hydrogens is 265 g/mol. The molecule has 0 bridgehead atoms. The van der Waals surface area contributed by atoms with E-state index in [9.17, 15) is 18.0 Å². The van der Waals surface area contributed by atoms with Crippen molar-refractivity contribution in [3.63, 3.8) is 0 Å². The molecule has 19 heavy (non-hydrogen) atoms. The molecule has 1 aromatic carbocycles. The van der Waals surface area contributed by atoms with Gasteiger partial charge in [0.05, 0.1) is 6.04 Å². The van der Waals surface area contributed by atoms with Crippen LogP contribution in [0.5, 0.6) is 0 Å². The lowest BCUT2D eigenvalue weighted by molar-refractivity contribution is -0.192. The van der Waals surface area contributed by atoms with Crippen molar-refractivity contribution in [1.29, 1.82) is 0 Å². The van der Waals surface area contributed by atoms with Crippen molar-refractivity contribution in [3.05, 3.63) is 35.9 Å². The van der Waals surface area contributed by atoms with E-state index >= 15 is 0 Å². The highest BCUT2D eigenvalue weighted by molar-refractivity contribution is 5.79. The van der Waals surface area contributed by atoms with Crippen molar-refractivity contribution in [2.45, 2.75) is 18.6 Å². The summed E-state index contributed by atoms with van der Waals surface area (Å²) in [6.07, 6.45) is -4.57. The quantitative estimate of drug-likeness (QED) is 0.755. The average Bonchev–Trinajstić information content (AvgIpc) is 2.29. The van der Waals surface area contributed by atoms with E-state index in [4.69, 9.17) is 21.4 Å². The summed E-state index contributed by atoms with van der Waals surface area (Å²) in [5, 5.41) is 7.12. The lowest BCUT2D eigenvalue weighted by Crippen LogP contribution is -2.38. The van der Waals surface area contributed by atoms with Crippen LogP contribution in [0.25, 0.3) is 0 Å². The predicted octanol–water partition coefficient (Wildman–Crippen LogP) is 0.675. The van der Waals surface area contributed by atoms with E-state index in [1.54, 1.807) is 0 Å². The van der Waals surface area contributed by atoms with Crippen LogP contribution in [0.15, 0.2) is 30.3 Å². The van der Waals surface area contributed by atoms with Gasteiger partial charge < -0.3 is 16.6 Å². The van der Waals surface area contributed by atoms with Gasteiger partial charge in [-0.25, -0.2) is 4.79 Å². The summed E-state index contributed by atoms with van der Waals surface area (Å²) in [6.45, 7) is 0. The first-order valence-electron chi connectivity index (χ1n) is 5.03. The molecule has 1 rings (SSSR count). The van der Waals surface area contributed by atoms with Gasteiger partial charge >= 0.3 is 12.1 Å². The Balaban J connectivity index is 0.000000399. The molecule has 0 radical (unpaired) electrons. The molecule has 1 aromatic rings. The van der Waals surface area contributed by atoms with Gasteiger partial charge in [0, 0.05) is 0 Å². The molecule has 5 nitrogen and oxygen atoms in total. The number of carboxylic acid groups (broad SMARTS) is 1. The zero-order valence-electron chi connectivity index (χ0n) is 9.72. The Kier molecular flexibility index (Phi) is 6.56. The molecule has 0 aliphatic rings. The molecule has 106 valence electrons. The van der Waals surface area contributed by atoms with Crippen molar-refractivity contribution in [2.75, 3.05) is 0 Å². The number of hydrogen-bond acceptors (Lipinski definition) is 3. The summed E-state index contributed by atoms with van der Waals surface area (Å²) in [5.74, 6) is -3.22. The van der Waals surface area contributed by atoms with Crippen LogP contribution in [0.4, 0.5) is 13.2 Å². The number of amides is 1. The van der Waals surface area contributed by atoms with E-state index in [2.05, 4.69) is 0 Å². The largest absolute Gasteiger partial charge is 0.490 e. The number of hydrogen-bond donors (Lipinski definition) is 3. The maximum absolute atomic E-state index is 10.6. The van der Waals surface area contributed by atoms with Crippen molar-refractivity contribution in [1.82, 2.24) is 0 Å². The third kappa shape index (κ3) is 7.77. The molecule has 1 amide bonds. The first-order valence-corrected chi connectivity index (χ1v) is 5.03. The van der Waals surface area contributed by atoms with Gasteiger partial charge in [-0.3, -0.25) is 4.79 Å². The Hall–Kier alpha value is -2.09. The summed E-state index contributed by atoms with van der Waals surface area (Å²) in [5.41, 5.74) is 11.5. The number of alkyl halides is 3. The molecule has 0 heterocycles. The second-order valence-electron chi connectivity index (χ2n) is 3.50. The van der Waals surface area contributed by atoms with Gasteiger partial charge in [0.1, 0.15) is 0 Å². The third-order valence-corrected chi connectivity index (χ3v) is 1.91. The van der Waals surface area contributed by atoms with E-state index in [1.165, 1.54) is 0 Å². The fourth-order valence-electron chi connectivity index (χ4n) is 0.969. The Morgan fingerprint density at radius 2 is 1.63 bits per heavy atom. The van der Waals surface area contributed by atoms with Gasteiger partial charge in [-0.2, -0.15) is 13.2 Å². The summed E-state index contributed by atoms with van der Waals surface area (Å²) in [4.78, 5) is 19.5. The second-order valence-corrected chi connectivity index (χ2v) is 3.50. The highest BCUT2D eigenvalue weighted by Gasteiger charge is 2.38. The van der Waals surface area contributed by atoms with Crippen molar-refractivity contribution >= 4 is 11.9 Å². The smallest absolute Gasteiger partial charge is 0.475 e. The van der Waals surface area contributed by atoms with E-state index in [-0.39, 0.29) is 0 Å². The monoisotopic (exact) mass is 278 g/mol. The van der Waals surface area contributed by atoms with E-state index < -0.39 is 24.1 Å². The molecular formula is C11H13F3N2O3. The predicted molar refractivity (Wildman–Crippen MR) is 61.0 cm³/mol. The standard InChI is InChI=1S/C9H12N2O.C2HF3O2/c10-8(9(11)12)6-7-4-2-1-3-5-7;3-2(4,5)1(6)7/h1-5,8H,6,10H2,(H2,11,12);(H,6,7)/t8-;/m0./s1. The zero-order chi connectivity index (χ0) is 15.1. The van der Waals surface area contributed by atoms with Gasteiger partial charge in [-0.15, -0.1) is 0 Å². The zero-order valence-corrected chi connectivity index (χ0v) is 9.72. The molecule has 0 aliphatic carbocycles. The van der Waals surface area contributed by atoms with Gasteiger partial charge in [0.15, 0.2) is 0 Å². The summed E-state index contributed by atoms with van der Waals surface area (Å²) in [6, 6.07) is 8.99. The number of benzene rings is 1. The number of carboxylic acids is 1. The fourth-order valence-corrected chi connectivity index (χ4v) is 0.969. The van der Waals surface area contributed by atoms with Crippen molar-refractivity contribution in [2.24, 2.45) is 11.5 Å². The van der Waals surface area contributed by atoms with Gasteiger partial charge in [0.25, 0.3) is 0 Å². The van der Waals surface area contributed by atoms with Crippen LogP contribution in [-0.4, -0.2) is 29.2 Å². The fraction of sp³-hybridized carbons (Fsp3) is 0.273. The molecule has 0 aromatic heterocycles. The van der Waals surface area contributed by atoms with Gasteiger partial charge in [-0.05, 0) is 12.0 Å². The maximum Gasteiger partial charge on any atom is 0.490 e. The van der Waals surface area contributed by atoms with Crippen LogP contribution < -0.4 is 11.5 Å². The minimum atomic E-state index is -5.08. The van der Waals surface area contributed by atoms with Crippen LogP contribution in [0.2, 0.25) is 0 Å². The van der Waals surface area contributed by atoms with Crippen LogP contribution in [0.3, 0.4) is 0 Å². The lowest BCUT2D eigenvalue weighted by atomic mass is 10.1. The Bertz CT molecular complexity index is 421. The second kappa shape index (κ2) is 7.37. The summed E-state index contributed by atoms with van der Waals surface area (Å²) in [7, 11) is 0. The molecule has 0 aliphatic heterocycles. The molecule has 0 saturated carbocycles. The third-order valence-electron chi connectivity index (χ3n) is 1.91. The van der Waals surface area contributed by atoms with Gasteiger partial charge in [-0.1, -0.05) is 30.3 Å². The van der Waals surface area contributed by atoms with Crippen molar-refractivity contribution in [3.8, 4) is 0 Å². The molecule has 1 atom stereocenters.